The van der Waals surface area contributed by atoms with E-state index in [-0.39, 0.29) is 34.8 Å². The summed E-state index contributed by atoms with van der Waals surface area (Å²) >= 11 is 0. The molecule has 1 aliphatic carbocycles. The number of carbonyl (C=O) groups is 2. The number of aromatic hydroxyl groups is 3. The van der Waals surface area contributed by atoms with Gasteiger partial charge in [-0.15, -0.1) is 0 Å². The minimum absolute atomic E-state index is 0.0291. The predicted molar refractivity (Wildman–Crippen MR) is 84.7 cm³/mol. The zero-order chi connectivity index (χ0) is 17.4. The van der Waals surface area contributed by atoms with Gasteiger partial charge in [-0.25, -0.2) is 0 Å². The second kappa shape index (κ2) is 5.88. The van der Waals surface area contributed by atoms with Crippen molar-refractivity contribution in [2.75, 3.05) is 0 Å². The topological polar surface area (TPSA) is 115 Å². The van der Waals surface area contributed by atoms with Gasteiger partial charge in [-0.1, -0.05) is 6.07 Å². The van der Waals surface area contributed by atoms with E-state index in [0.29, 0.717) is 30.4 Å². The summed E-state index contributed by atoms with van der Waals surface area (Å²) in [4.78, 5) is 23.2. The molecule has 6 nitrogen and oxygen atoms in total. The van der Waals surface area contributed by atoms with E-state index in [0.717, 1.165) is 11.6 Å². The molecule has 6 heteroatoms. The first kappa shape index (κ1) is 15.9. The quantitative estimate of drug-likeness (QED) is 0.584. The highest BCUT2D eigenvalue weighted by Gasteiger charge is 2.29. The number of phenols is 3. The van der Waals surface area contributed by atoms with Crippen molar-refractivity contribution in [2.24, 2.45) is 0 Å². The molecule has 0 amide bonds. The lowest BCUT2D eigenvalue weighted by Crippen LogP contribution is -2.16. The number of carboxylic acids is 1. The number of fused-ring (bicyclic) bond motifs is 2. The third kappa shape index (κ3) is 2.78. The molecule has 0 radical (unpaired) electrons. The molecule has 0 saturated carbocycles. The summed E-state index contributed by atoms with van der Waals surface area (Å²) in [5.41, 5.74) is 2.07. The van der Waals surface area contributed by atoms with E-state index in [1.165, 1.54) is 12.1 Å². The van der Waals surface area contributed by atoms with Crippen molar-refractivity contribution in [3.63, 3.8) is 0 Å². The van der Waals surface area contributed by atoms with E-state index in [4.69, 9.17) is 5.11 Å². The SMILES string of the molecule is O=C(O)CCCc1cc(O)c2c(c1)Cc1cc(O)cc(O)c1C2=O. The summed E-state index contributed by atoms with van der Waals surface area (Å²) in [5, 5.41) is 38.4. The van der Waals surface area contributed by atoms with Gasteiger partial charge in [0, 0.05) is 12.5 Å². The first-order valence-electron chi connectivity index (χ1n) is 7.53. The second-order valence-electron chi connectivity index (χ2n) is 5.90. The maximum atomic E-state index is 12.6. The van der Waals surface area contributed by atoms with Crippen LogP contribution in [-0.4, -0.2) is 32.2 Å². The summed E-state index contributed by atoms with van der Waals surface area (Å²) in [5.74, 6) is -2.00. The number of ketones is 1. The van der Waals surface area contributed by atoms with Gasteiger partial charge in [0.15, 0.2) is 0 Å². The van der Waals surface area contributed by atoms with Crippen LogP contribution in [-0.2, 0) is 17.6 Å². The molecule has 124 valence electrons. The highest BCUT2D eigenvalue weighted by Crippen LogP contribution is 2.39. The highest BCUT2D eigenvalue weighted by molar-refractivity contribution is 6.15. The van der Waals surface area contributed by atoms with E-state index in [1.807, 2.05) is 0 Å². The Kier molecular flexibility index (Phi) is 3.89. The Morgan fingerprint density at radius 3 is 2.25 bits per heavy atom. The normalized spacial score (nSPS) is 12.6. The number of aryl methyl sites for hydroxylation is 1. The predicted octanol–water partition coefficient (Wildman–Crippen LogP) is 2.35. The van der Waals surface area contributed by atoms with Crippen LogP contribution in [0.25, 0.3) is 0 Å². The van der Waals surface area contributed by atoms with Gasteiger partial charge in [0.25, 0.3) is 0 Å². The molecule has 0 unspecified atom stereocenters. The van der Waals surface area contributed by atoms with E-state index in [2.05, 4.69) is 0 Å². The molecule has 0 spiro atoms. The number of carbonyl (C=O) groups excluding carboxylic acids is 1. The number of rotatable bonds is 4. The fraction of sp³-hybridized carbons (Fsp3) is 0.222. The number of carboxylic acid groups (broad SMARTS) is 1. The molecule has 0 atom stereocenters. The van der Waals surface area contributed by atoms with Crippen LogP contribution in [0.1, 0.15) is 45.5 Å². The first-order valence-corrected chi connectivity index (χ1v) is 7.53. The van der Waals surface area contributed by atoms with E-state index in [1.54, 1.807) is 6.07 Å². The molecular weight excluding hydrogens is 312 g/mol. The fourth-order valence-corrected chi connectivity index (χ4v) is 3.14. The maximum absolute atomic E-state index is 12.6. The monoisotopic (exact) mass is 328 g/mol. The van der Waals surface area contributed by atoms with E-state index < -0.39 is 11.8 Å². The van der Waals surface area contributed by atoms with Crippen molar-refractivity contribution < 1.29 is 30.0 Å². The number of hydrogen-bond acceptors (Lipinski definition) is 5. The molecule has 0 aliphatic heterocycles. The smallest absolute Gasteiger partial charge is 0.303 e. The van der Waals surface area contributed by atoms with Crippen molar-refractivity contribution >= 4 is 11.8 Å². The van der Waals surface area contributed by atoms with Gasteiger partial charge in [-0.3, -0.25) is 9.59 Å². The molecule has 2 aromatic carbocycles. The van der Waals surface area contributed by atoms with Crippen LogP contribution in [0.4, 0.5) is 0 Å². The Morgan fingerprint density at radius 2 is 1.58 bits per heavy atom. The molecule has 0 bridgehead atoms. The number of benzene rings is 2. The summed E-state index contributed by atoms with van der Waals surface area (Å²) in [6.07, 6.45) is 1.22. The molecule has 2 aromatic rings. The van der Waals surface area contributed by atoms with Gasteiger partial charge in [-0.05, 0) is 48.1 Å². The van der Waals surface area contributed by atoms with Gasteiger partial charge in [0.2, 0.25) is 5.78 Å². The summed E-state index contributed by atoms with van der Waals surface area (Å²) in [7, 11) is 0. The lowest BCUT2D eigenvalue weighted by molar-refractivity contribution is -0.137. The minimum Gasteiger partial charge on any atom is -0.508 e. The average molecular weight is 328 g/mol. The standard InChI is InChI=1S/C18H16O6/c19-12-7-11-6-10-4-9(2-1-3-15(22)23)5-13(20)16(10)18(24)17(11)14(21)8-12/h4-5,7-8,19-21H,1-3,6H2,(H,22,23). The average Bonchev–Trinajstić information content (AvgIpc) is 2.45. The zero-order valence-corrected chi connectivity index (χ0v) is 12.7. The number of hydrogen-bond donors (Lipinski definition) is 4. The van der Waals surface area contributed by atoms with E-state index in [9.17, 15) is 24.9 Å². The minimum atomic E-state index is -0.882. The summed E-state index contributed by atoms with van der Waals surface area (Å²) < 4.78 is 0. The van der Waals surface area contributed by atoms with Crippen molar-refractivity contribution in [1.82, 2.24) is 0 Å². The van der Waals surface area contributed by atoms with Gasteiger partial charge >= 0.3 is 5.97 Å². The lowest BCUT2D eigenvalue weighted by Gasteiger charge is -2.21. The Morgan fingerprint density at radius 1 is 0.958 bits per heavy atom. The molecule has 0 heterocycles. The van der Waals surface area contributed by atoms with Crippen molar-refractivity contribution in [3.05, 3.63) is 52.1 Å². The van der Waals surface area contributed by atoms with Crippen LogP contribution in [0.5, 0.6) is 17.2 Å². The zero-order valence-electron chi connectivity index (χ0n) is 12.7. The fourth-order valence-electron chi connectivity index (χ4n) is 3.14. The van der Waals surface area contributed by atoms with Crippen LogP contribution < -0.4 is 0 Å². The van der Waals surface area contributed by atoms with Crippen molar-refractivity contribution in [3.8, 4) is 17.2 Å². The largest absolute Gasteiger partial charge is 0.508 e. The first-order chi connectivity index (χ1) is 11.4. The Labute approximate surface area is 137 Å². The summed E-state index contributed by atoms with van der Waals surface area (Å²) in [6.45, 7) is 0. The van der Waals surface area contributed by atoms with Gasteiger partial charge in [0.1, 0.15) is 17.2 Å². The van der Waals surface area contributed by atoms with Gasteiger partial charge in [0.05, 0.1) is 11.1 Å². The summed E-state index contributed by atoms with van der Waals surface area (Å²) in [6, 6.07) is 5.74. The van der Waals surface area contributed by atoms with Crippen LogP contribution in [0.2, 0.25) is 0 Å². The van der Waals surface area contributed by atoms with Gasteiger partial charge in [-0.2, -0.15) is 0 Å². The molecular formula is C18H16O6. The van der Waals surface area contributed by atoms with Gasteiger partial charge < -0.3 is 20.4 Å². The second-order valence-corrected chi connectivity index (χ2v) is 5.90. The number of aliphatic carboxylic acids is 1. The molecule has 24 heavy (non-hydrogen) atoms. The molecule has 4 N–H and O–H groups in total. The maximum Gasteiger partial charge on any atom is 0.303 e. The third-order valence-corrected chi connectivity index (χ3v) is 4.13. The lowest BCUT2D eigenvalue weighted by atomic mass is 9.82. The van der Waals surface area contributed by atoms with Crippen LogP contribution >= 0.6 is 0 Å². The Balaban J connectivity index is 1.98. The number of phenolic OH excluding ortho intramolecular Hbond substituents is 3. The van der Waals surface area contributed by atoms with E-state index >= 15 is 0 Å². The molecule has 0 fully saturated rings. The third-order valence-electron chi connectivity index (χ3n) is 4.13. The highest BCUT2D eigenvalue weighted by atomic mass is 16.4. The van der Waals surface area contributed by atoms with Crippen LogP contribution in [0.3, 0.4) is 0 Å². The molecule has 0 saturated heterocycles. The Hall–Kier alpha value is -3.02. The van der Waals surface area contributed by atoms with Crippen LogP contribution in [0, 0.1) is 0 Å². The molecule has 1 aliphatic rings. The molecule has 3 rings (SSSR count). The van der Waals surface area contributed by atoms with Crippen molar-refractivity contribution in [2.45, 2.75) is 25.7 Å². The molecule has 0 aromatic heterocycles. The van der Waals surface area contributed by atoms with Crippen molar-refractivity contribution in [1.29, 1.82) is 0 Å². The van der Waals surface area contributed by atoms with Crippen LogP contribution in [0.15, 0.2) is 24.3 Å². The Bertz CT molecular complexity index is 853.